The Labute approximate surface area is 125 Å². The lowest BCUT2D eigenvalue weighted by Crippen LogP contribution is -2.39. The van der Waals surface area contributed by atoms with Crippen molar-refractivity contribution >= 4 is 29.4 Å². The lowest BCUT2D eigenvalue weighted by atomic mass is 10.3. The summed E-state index contributed by atoms with van der Waals surface area (Å²) in [5, 5.41) is 2.77. The molecule has 0 aromatic heterocycles. The van der Waals surface area contributed by atoms with Gasteiger partial charge in [-0.15, -0.1) is 0 Å². The summed E-state index contributed by atoms with van der Waals surface area (Å²) in [6.07, 6.45) is 1.52. The van der Waals surface area contributed by atoms with Crippen molar-refractivity contribution in [2.45, 2.75) is 40.0 Å². The van der Waals surface area contributed by atoms with E-state index in [1.165, 1.54) is 0 Å². The van der Waals surface area contributed by atoms with Crippen LogP contribution < -0.4 is 5.32 Å². The van der Waals surface area contributed by atoms with Crippen LogP contribution >= 0.6 is 11.8 Å². The first kappa shape index (κ1) is 19.0. The monoisotopic (exact) mass is 302 g/mol. The summed E-state index contributed by atoms with van der Waals surface area (Å²) in [5.74, 6) is 1.92. The second kappa shape index (κ2) is 11.8. The number of carbonyl (C=O) groups is 3. The predicted octanol–water partition coefficient (Wildman–Crippen LogP) is 1.46. The zero-order valence-corrected chi connectivity index (χ0v) is 13.6. The van der Waals surface area contributed by atoms with Crippen molar-refractivity contribution in [1.82, 2.24) is 10.2 Å². The lowest BCUT2D eigenvalue weighted by molar-refractivity contribution is -0.131. The van der Waals surface area contributed by atoms with Crippen LogP contribution in [-0.2, 0) is 14.4 Å². The van der Waals surface area contributed by atoms with Gasteiger partial charge in [-0.1, -0.05) is 13.8 Å². The van der Waals surface area contributed by atoms with Gasteiger partial charge in [0.15, 0.2) is 0 Å². The molecule has 0 aliphatic heterocycles. The van der Waals surface area contributed by atoms with Crippen LogP contribution in [0, 0.1) is 0 Å². The molecule has 0 radical (unpaired) electrons. The van der Waals surface area contributed by atoms with Gasteiger partial charge in [-0.3, -0.25) is 14.4 Å². The maximum Gasteiger partial charge on any atom is 0.222 e. The average molecular weight is 302 g/mol. The summed E-state index contributed by atoms with van der Waals surface area (Å²) >= 11 is 1.68. The van der Waals surface area contributed by atoms with E-state index in [0.717, 1.165) is 11.5 Å². The molecule has 1 N–H and O–H groups in total. The number of nitrogens with zero attached hydrogens (tertiary/aromatic N) is 1. The Kier molecular flexibility index (Phi) is 11.1. The van der Waals surface area contributed by atoms with Gasteiger partial charge in [-0.25, -0.2) is 0 Å². The van der Waals surface area contributed by atoms with Crippen LogP contribution in [0.2, 0.25) is 0 Å². The molecule has 0 heterocycles. The summed E-state index contributed by atoms with van der Waals surface area (Å²) in [6, 6.07) is 0. The van der Waals surface area contributed by atoms with Crippen LogP contribution in [0.5, 0.6) is 0 Å². The molecule has 0 aliphatic carbocycles. The average Bonchev–Trinajstić information content (AvgIpc) is 2.43. The van der Waals surface area contributed by atoms with Crippen molar-refractivity contribution in [3.8, 4) is 0 Å². The van der Waals surface area contributed by atoms with Crippen molar-refractivity contribution in [3.63, 3.8) is 0 Å². The van der Waals surface area contributed by atoms with Gasteiger partial charge in [0, 0.05) is 50.4 Å². The van der Waals surface area contributed by atoms with Gasteiger partial charge in [-0.05, 0) is 6.92 Å². The van der Waals surface area contributed by atoms with Gasteiger partial charge < -0.3 is 10.2 Å². The SMILES string of the molecule is CCC(=O)NCCN(CCSCCC(C)=O)C(=O)CC. The quantitative estimate of drug-likeness (QED) is 0.587. The second-order valence-electron chi connectivity index (χ2n) is 4.50. The summed E-state index contributed by atoms with van der Waals surface area (Å²) in [7, 11) is 0. The van der Waals surface area contributed by atoms with Crippen LogP contribution in [0.25, 0.3) is 0 Å². The third-order valence-electron chi connectivity index (χ3n) is 2.78. The van der Waals surface area contributed by atoms with E-state index in [-0.39, 0.29) is 17.6 Å². The van der Waals surface area contributed by atoms with Gasteiger partial charge >= 0.3 is 0 Å². The molecule has 0 fully saturated rings. The van der Waals surface area contributed by atoms with Crippen molar-refractivity contribution in [2.75, 3.05) is 31.1 Å². The van der Waals surface area contributed by atoms with Crippen LogP contribution in [-0.4, -0.2) is 53.6 Å². The molecule has 0 bridgehead atoms. The molecule has 0 unspecified atom stereocenters. The highest BCUT2D eigenvalue weighted by Crippen LogP contribution is 2.05. The molecule has 0 spiro atoms. The highest BCUT2D eigenvalue weighted by atomic mass is 32.2. The highest BCUT2D eigenvalue weighted by molar-refractivity contribution is 7.99. The van der Waals surface area contributed by atoms with E-state index in [1.54, 1.807) is 30.5 Å². The fourth-order valence-electron chi connectivity index (χ4n) is 1.53. The molecule has 116 valence electrons. The Morgan fingerprint density at radius 2 is 1.75 bits per heavy atom. The Bertz CT molecular complexity index is 322. The number of nitrogens with one attached hydrogen (secondary N) is 1. The number of amides is 2. The molecule has 20 heavy (non-hydrogen) atoms. The zero-order chi connectivity index (χ0) is 15.4. The first-order valence-corrected chi connectivity index (χ1v) is 8.28. The van der Waals surface area contributed by atoms with E-state index < -0.39 is 0 Å². The lowest BCUT2D eigenvalue weighted by Gasteiger charge is -2.22. The summed E-state index contributed by atoms with van der Waals surface area (Å²) in [5.41, 5.74) is 0. The van der Waals surface area contributed by atoms with Gasteiger partial charge in [0.05, 0.1) is 0 Å². The van der Waals surface area contributed by atoms with Crippen LogP contribution in [0.15, 0.2) is 0 Å². The van der Waals surface area contributed by atoms with Crippen molar-refractivity contribution in [1.29, 1.82) is 0 Å². The fourth-order valence-corrected chi connectivity index (χ4v) is 2.52. The standard InChI is InChI=1S/C14H26N2O3S/c1-4-13(18)15-7-8-16(14(19)5-2)9-11-20-10-6-12(3)17/h4-11H2,1-3H3,(H,15,18). The van der Waals surface area contributed by atoms with Crippen LogP contribution in [0.1, 0.15) is 40.0 Å². The van der Waals surface area contributed by atoms with Gasteiger partial charge in [-0.2, -0.15) is 11.8 Å². The van der Waals surface area contributed by atoms with Gasteiger partial charge in [0.25, 0.3) is 0 Å². The minimum atomic E-state index is 0.00438. The molecule has 0 rings (SSSR count). The van der Waals surface area contributed by atoms with Crippen LogP contribution in [0.4, 0.5) is 0 Å². The maximum absolute atomic E-state index is 11.8. The number of hydrogen-bond acceptors (Lipinski definition) is 4. The molecule has 0 saturated carbocycles. The molecule has 5 nitrogen and oxygen atoms in total. The number of thioether (sulfide) groups is 1. The third-order valence-corrected chi connectivity index (χ3v) is 3.75. The molecule has 0 atom stereocenters. The Hall–Kier alpha value is -1.04. The Morgan fingerprint density at radius 1 is 1.05 bits per heavy atom. The second-order valence-corrected chi connectivity index (χ2v) is 5.73. The summed E-state index contributed by atoms with van der Waals surface area (Å²) in [6.45, 7) is 6.93. The number of rotatable bonds is 11. The maximum atomic E-state index is 11.8. The first-order chi connectivity index (χ1) is 9.51. The fraction of sp³-hybridized carbons (Fsp3) is 0.786. The summed E-state index contributed by atoms with van der Waals surface area (Å²) < 4.78 is 0. The molecule has 2 amide bonds. The number of hydrogen-bond donors (Lipinski definition) is 1. The zero-order valence-electron chi connectivity index (χ0n) is 12.7. The smallest absolute Gasteiger partial charge is 0.222 e. The van der Waals surface area contributed by atoms with Crippen molar-refractivity contribution < 1.29 is 14.4 Å². The van der Waals surface area contributed by atoms with E-state index >= 15 is 0 Å². The van der Waals surface area contributed by atoms with Gasteiger partial charge in [0.1, 0.15) is 5.78 Å². The predicted molar refractivity (Wildman–Crippen MR) is 82.8 cm³/mol. The molecule has 0 aromatic rings. The first-order valence-electron chi connectivity index (χ1n) is 7.12. The number of carbonyl (C=O) groups excluding carboxylic acids is 3. The van der Waals surface area contributed by atoms with Crippen molar-refractivity contribution in [2.24, 2.45) is 0 Å². The Balaban J connectivity index is 3.94. The summed E-state index contributed by atoms with van der Waals surface area (Å²) in [4.78, 5) is 35.5. The van der Waals surface area contributed by atoms with E-state index in [9.17, 15) is 14.4 Å². The molecule has 0 aliphatic rings. The molecule has 6 heteroatoms. The van der Waals surface area contributed by atoms with Crippen molar-refractivity contribution in [3.05, 3.63) is 0 Å². The normalized spacial score (nSPS) is 10.2. The Morgan fingerprint density at radius 3 is 2.30 bits per heavy atom. The van der Waals surface area contributed by atoms with Crippen LogP contribution in [0.3, 0.4) is 0 Å². The third kappa shape index (κ3) is 9.83. The topological polar surface area (TPSA) is 66.5 Å². The van der Waals surface area contributed by atoms with E-state index in [1.807, 2.05) is 6.92 Å². The van der Waals surface area contributed by atoms with E-state index in [2.05, 4.69) is 5.32 Å². The number of ketones is 1. The molecular weight excluding hydrogens is 276 g/mol. The molecule has 0 saturated heterocycles. The van der Waals surface area contributed by atoms with Gasteiger partial charge in [0.2, 0.25) is 11.8 Å². The van der Waals surface area contributed by atoms with E-state index in [4.69, 9.17) is 0 Å². The number of Topliss-reactive ketones (excluding diaryl/α,β-unsaturated/α-hetero) is 1. The van der Waals surface area contributed by atoms with E-state index in [0.29, 0.717) is 38.9 Å². The molecular formula is C14H26N2O3S. The highest BCUT2D eigenvalue weighted by Gasteiger charge is 2.11. The minimum absolute atomic E-state index is 0.00438. The molecule has 0 aromatic carbocycles. The largest absolute Gasteiger partial charge is 0.354 e. The minimum Gasteiger partial charge on any atom is -0.354 e.